The molecule has 18 heavy (non-hydrogen) atoms. The van der Waals surface area contributed by atoms with E-state index in [2.05, 4.69) is 13.2 Å². The van der Waals surface area contributed by atoms with Gasteiger partial charge in [-0.3, -0.25) is 9.36 Å². The molecule has 0 aromatic rings. The summed E-state index contributed by atoms with van der Waals surface area (Å²) in [7, 11) is -3.63. The lowest BCUT2D eigenvalue weighted by Crippen LogP contribution is -2.37. The molecule has 0 aliphatic rings. The van der Waals surface area contributed by atoms with Gasteiger partial charge in [0.05, 0.1) is 13.2 Å². The predicted molar refractivity (Wildman–Crippen MR) is 65.5 cm³/mol. The zero-order valence-corrected chi connectivity index (χ0v) is 11.1. The van der Waals surface area contributed by atoms with Gasteiger partial charge in [-0.1, -0.05) is 12.2 Å². The summed E-state index contributed by atoms with van der Waals surface area (Å²) < 4.78 is 22.0. The van der Waals surface area contributed by atoms with Crippen LogP contribution in [0.15, 0.2) is 25.3 Å². The van der Waals surface area contributed by atoms with Gasteiger partial charge in [-0.05, 0) is 6.92 Å². The number of hydrogen-bond donors (Lipinski definition) is 2. The summed E-state index contributed by atoms with van der Waals surface area (Å²) in [5.74, 6) is -1.25. The molecule has 0 saturated heterocycles. The smallest absolute Gasteiger partial charge is 0.347 e. The first kappa shape index (κ1) is 17.0. The van der Waals surface area contributed by atoms with Crippen molar-refractivity contribution >= 4 is 13.6 Å². The van der Waals surface area contributed by atoms with Crippen molar-refractivity contribution in [2.45, 2.75) is 13.0 Å². The zero-order valence-electron chi connectivity index (χ0n) is 10.2. The van der Waals surface area contributed by atoms with Crippen molar-refractivity contribution in [3.8, 4) is 0 Å². The highest BCUT2D eigenvalue weighted by molar-refractivity contribution is 7.53. The molecule has 0 aliphatic carbocycles. The van der Waals surface area contributed by atoms with Crippen LogP contribution in [-0.4, -0.2) is 46.9 Å². The molecule has 0 saturated carbocycles. The monoisotopic (exact) mass is 279 g/mol. The van der Waals surface area contributed by atoms with Crippen molar-refractivity contribution in [1.82, 2.24) is 5.06 Å². The average Bonchev–Trinajstić information content (AvgIpc) is 2.32. The van der Waals surface area contributed by atoms with E-state index in [0.717, 1.165) is 0 Å². The first-order valence-corrected chi connectivity index (χ1v) is 6.87. The van der Waals surface area contributed by atoms with Crippen LogP contribution in [0.25, 0.3) is 0 Å². The van der Waals surface area contributed by atoms with E-state index >= 15 is 0 Å². The molecule has 1 unspecified atom stereocenters. The summed E-state index contributed by atoms with van der Waals surface area (Å²) in [5.41, 5.74) is 0. The fourth-order valence-electron chi connectivity index (χ4n) is 0.879. The van der Waals surface area contributed by atoms with Crippen LogP contribution < -0.4 is 0 Å². The largest absolute Gasteiger partial charge is 0.480 e. The number of nitrogens with zero attached hydrogens (tertiary/aromatic N) is 1. The first-order chi connectivity index (χ1) is 8.36. The number of aliphatic carboxylic acids is 1. The molecule has 0 rings (SSSR count). The molecule has 0 fully saturated rings. The molecule has 0 amide bonds. The molecular formula is C10H18NO6P. The van der Waals surface area contributed by atoms with Crippen LogP contribution in [0.2, 0.25) is 0 Å². The second kappa shape index (κ2) is 8.18. The molecule has 7 nitrogen and oxygen atoms in total. The Morgan fingerprint density at radius 2 is 1.83 bits per heavy atom. The maximum atomic E-state index is 12.1. The Morgan fingerprint density at radius 1 is 1.39 bits per heavy atom. The lowest BCUT2D eigenvalue weighted by Gasteiger charge is -2.24. The highest BCUT2D eigenvalue weighted by Gasteiger charge is 2.31. The van der Waals surface area contributed by atoms with Gasteiger partial charge in [-0.15, -0.1) is 13.2 Å². The summed E-state index contributed by atoms with van der Waals surface area (Å²) in [6, 6.07) is -1.22. The number of carboxylic acid groups (broad SMARTS) is 1. The topological polar surface area (TPSA) is 96.3 Å². The molecule has 0 aromatic carbocycles. The van der Waals surface area contributed by atoms with Crippen molar-refractivity contribution in [3.05, 3.63) is 25.3 Å². The van der Waals surface area contributed by atoms with Crippen molar-refractivity contribution in [2.24, 2.45) is 0 Å². The van der Waals surface area contributed by atoms with Crippen LogP contribution in [0.1, 0.15) is 6.92 Å². The number of rotatable bonds is 10. The zero-order chi connectivity index (χ0) is 14.2. The van der Waals surface area contributed by atoms with Gasteiger partial charge in [-0.25, -0.2) is 0 Å². The molecular weight excluding hydrogens is 261 g/mol. The average molecular weight is 279 g/mol. The van der Waals surface area contributed by atoms with Gasteiger partial charge in [0.1, 0.15) is 12.3 Å². The summed E-state index contributed by atoms with van der Waals surface area (Å²) in [6.07, 6.45) is 2.18. The Balaban J connectivity index is 4.65. The van der Waals surface area contributed by atoms with Crippen LogP contribution in [-0.2, 0) is 18.4 Å². The second-order valence-electron chi connectivity index (χ2n) is 3.37. The quantitative estimate of drug-likeness (QED) is 0.357. The molecule has 1 atom stereocenters. The van der Waals surface area contributed by atoms with Crippen LogP contribution in [0, 0.1) is 0 Å². The van der Waals surface area contributed by atoms with E-state index in [-0.39, 0.29) is 13.2 Å². The van der Waals surface area contributed by atoms with Gasteiger partial charge in [0, 0.05) is 0 Å². The standard InChI is InChI=1S/C10H18NO6P/c1-4-6-16-18(15,17-7-5-2)8-11(14)9(3)10(12)13/h4-5,9,14H,1-2,6-8H2,3H3,(H,12,13). The number of carboxylic acids is 1. The fraction of sp³-hybridized carbons (Fsp3) is 0.500. The van der Waals surface area contributed by atoms with Crippen molar-refractivity contribution < 1.29 is 28.7 Å². The third-order valence-corrected chi connectivity index (χ3v) is 3.62. The minimum absolute atomic E-state index is 0.0380. The van der Waals surface area contributed by atoms with E-state index in [0.29, 0.717) is 5.06 Å². The summed E-state index contributed by atoms with van der Waals surface area (Å²) in [4.78, 5) is 10.6. The summed E-state index contributed by atoms with van der Waals surface area (Å²) in [5, 5.41) is 18.6. The van der Waals surface area contributed by atoms with Gasteiger partial charge in [-0.2, -0.15) is 5.06 Å². The molecule has 0 spiro atoms. The molecule has 0 aliphatic heterocycles. The van der Waals surface area contributed by atoms with Crippen molar-refractivity contribution in [1.29, 1.82) is 0 Å². The fourth-order valence-corrected chi connectivity index (χ4v) is 2.38. The predicted octanol–water partition coefficient (Wildman–Crippen LogP) is 1.71. The number of hydroxylamine groups is 2. The van der Waals surface area contributed by atoms with Crippen LogP contribution in [0.4, 0.5) is 0 Å². The van der Waals surface area contributed by atoms with E-state index in [1.807, 2.05) is 0 Å². The molecule has 2 N–H and O–H groups in total. The molecule has 104 valence electrons. The lowest BCUT2D eigenvalue weighted by atomic mass is 10.3. The first-order valence-electron chi connectivity index (χ1n) is 5.14. The van der Waals surface area contributed by atoms with Gasteiger partial charge < -0.3 is 19.4 Å². The third-order valence-electron chi connectivity index (χ3n) is 1.90. The van der Waals surface area contributed by atoms with E-state index in [4.69, 9.17) is 14.2 Å². The Hall–Kier alpha value is -0.980. The van der Waals surface area contributed by atoms with Crippen molar-refractivity contribution in [3.63, 3.8) is 0 Å². The maximum Gasteiger partial charge on any atom is 0.347 e. The molecule has 0 aromatic heterocycles. The van der Waals surface area contributed by atoms with Gasteiger partial charge >= 0.3 is 13.6 Å². The Labute approximate surface area is 106 Å². The minimum atomic E-state index is -3.63. The number of hydrogen-bond acceptors (Lipinski definition) is 6. The molecule has 0 radical (unpaired) electrons. The lowest BCUT2D eigenvalue weighted by molar-refractivity contribution is -0.163. The van der Waals surface area contributed by atoms with E-state index in [9.17, 15) is 14.6 Å². The molecule has 0 heterocycles. The second-order valence-corrected chi connectivity index (χ2v) is 5.40. The van der Waals surface area contributed by atoms with E-state index in [1.165, 1.54) is 19.1 Å². The Morgan fingerprint density at radius 3 is 2.17 bits per heavy atom. The highest BCUT2D eigenvalue weighted by Crippen LogP contribution is 2.48. The van der Waals surface area contributed by atoms with Crippen LogP contribution >= 0.6 is 7.60 Å². The van der Waals surface area contributed by atoms with E-state index < -0.39 is 25.9 Å². The third kappa shape index (κ3) is 6.09. The van der Waals surface area contributed by atoms with Gasteiger partial charge in [0.25, 0.3) is 0 Å². The van der Waals surface area contributed by atoms with Gasteiger partial charge in [0.15, 0.2) is 0 Å². The number of carbonyl (C=O) groups is 1. The Bertz CT molecular complexity index is 329. The Kier molecular flexibility index (Phi) is 7.73. The van der Waals surface area contributed by atoms with Crippen LogP contribution in [0.5, 0.6) is 0 Å². The maximum absolute atomic E-state index is 12.1. The summed E-state index contributed by atoms with van der Waals surface area (Å²) in [6.45, 7) is 7.96. The van der Waals surface area contributed by atoms with Gasteiger partial charge in [0.2, 0.25) is 0 Å². The van der Waals surface area contributed by atoms with E-state index in [1.54, 1.807) is 0 Å². The SMILES string of the molecule is C=CCOP(=O)(CN(O)C(C)C(=O)O)OCC=C. The summed E-state index contributed by atoms with van der Waals surface area (Å²) >= 11 is 0. The minimum Gasteiger partial charge on any atom is -0.480 e. The van der Waals surface area contributed by atoms with Crippen molar-refractivity contribution in [2.75, 3.05) is 19.5 Å². The normalized spacial score (nSPS) is 13.3. The molecule has 0 bridgehead atoms. The van der Waals surface area contributed by atoms with Crippen LogP contribution in [0.3, 0.4) is 0 Å². The highest BCUT2D eigenvalue weighted by atomic mass is 31.2. The molecule has 8 heteroatoms.